The molecule has 210 valence electrons. The van der Waals surface area contributed by atoms with Crippen molar-refractivity contribution >= 4 is 10.0 Å². The van der Waals surface area contributed by atoms with E-state index in [4.69, 9.17) is 0 Å². The van der Waals surface area contributed by atoms with Crippen LogP contribution in [0.1, 0.15) is 32.2 Å². The smallest absolute Gasteiger partial charge is 0.251 e. The number of hydrogen-bond donors (Lipinski definition) is 1. The molecule has 0 aliphatic rings. The largest absolute Gasteiger partial charge is 0.433 e. The molecule has 0 radical (unpaired) electrons. The first-order valence-electron chi connectivity index (χ1n) is 11.7. The summed E-state index contributed by atoms with van der Waals surface area (Å²) in [7, 11) is -3.86. The van der Waals surface area contributed by atoms with Gasteiger partial charge in [-0.3, -0.25) is 4.98 Å². The van der Waals surface area contributed by atoms with Gasteiger partial charge in [0.2, 0.25) is 10.0 Å². The van der Waals surface area contributed by atoms with E-state index < -0.39 is 39.3 Å². The third kappa shape index (κ3) is 6.83. The lowest BCUT2D eigenvalue weighted by atomic mass is 10.0. The van der Waals surface area contributed by atoms with Gasteiger partial charge in [0, 0.05) is 22.9 Å². The topological polar surface area (TPSA) is 84.8 Å². The van der Waals surface area contributed by atoms with E-state index in [1.54, 1.807) is 39.0 Å². The highest BCUT2D eigenvalue weighted by atomic mass is 32.2. The van der Waals surface area contributed by atoms with Crippen LogP contribution in [0.15, 0.2) is 77.8 Å². The maximum Gasteiger partial charge on any atom is 0.433 e. The molecular weight excluding hydrogens is 558 g/mol. The molecule has 0 aliphatic carbocycles. The number of halogens is 6. The first-order valence-corrected chi connectivity index (χ1v) is 13.2. The first kappa shape index (κ1) is 29.2. The van der Waals surface area contributed by atoms with Gasteiger partial charge >= 0.3 is 12.4 Å². The molecule has 0 saturated heterocycles. The molecule has 0 saturated carbocycles. The fourth-order valence-electron chi connectivity index (χ4n) is 3.73. The molecule has 2 aromatic carbocycles. The second-order valence-corrected chi connectivity index (χ2v) is 11.5. The zero-order valence-corrected chi connectivity index (χ0v) is 22.1. The van der Waals surface area contributed by atoms with Gasteiger partial charge in [-0.05, 0) is 68.3 Å². The van der Waals surface area contributed by atoms with Gasteiger partial charge in [-0.25, -0.2) is 23.1 Å². The average Bonchev–Trinajstić information content (AvgIpc) is 2.86. The molecule has 40 heavy (non-hydrogen) atoms. The fraction of sp³-hybridized carbons (Fsp3) is 0.222. The summed E-state index contributed by atoms with van der Waals surface area (Å²) in [6, 6.07) is 14.4. The Morgan fingerprint density at radius 3 is 1.85 bits per heavy atom. The molecular formula is C27H22F6N4O2S. The number of sulfonamides is 1. The van der Waals surface area contributed by atoms with Crippen molar-refractivity contribution < 1.29 is 34.8 Å². The van der Waals surface area contributed by atoms with Crippen molar-refractivity contribution in [2.75, 3.05) is 0 Å². The lowest BCUT2D eigenvalue weighted by Gasteiger charge is -2.20. The van der Waals surface area contributed by atoms with Gasteiger partial charge in [-0.2, -0.15) is 26.3 Å². The van der Waals surface area contributed by atoms with E-state index in [0.29, 0.717) is 23.3 Å². The minimum atomic E-state index is -4.87. The molecule has 2 aromatic heterocycles. The summed E-state index contributed by atoms with van der Waals surface area (Å²) in [5.41, 5.74) is -2.44. The Bertz CT molecular complexity index is 1650. The molecule has 1 N–H and O–H groups in total. The molecule has 4 rings (SSSR count). The maximum atomic E-state index is 13.7. The third-order valence-electron chi connectivity index (χ3n) is 5.41. The highest BCUT2D eigenvalue weighted by molar-refractivity contribution is 7.89. The molecule has 4 aromatic rings. The molecule has 0 unspecified atom stereocenters. The summed E-state index contributed by atoms with van der Waals surface area (Å²) >= 11 is 0. The number of pyridine rings is 1. The average molecular weight is 581 g/mol. The third-order valence-corrected chi connectivity index (χ3v) is 7.16. The van der Waals surface area contributed by atoms with Gasteiger partial charge < -0.3 is 0 Å². The van der Waals surface area contributed by atoms with Crippen LogP contribution in [-0.4, -0.2) is 28.9 Å². The number of hydrogen-bond acceptors (Lipinski definition) is 5. The van der Waals surface area contributed by atoms with Gasteiger partial charge in [0.05, 0.1) is 10.6 Å². The Kier molecular flexibility index (Phi) is 7.50. The van der Waals surface area contributed by atoms with Gasteiger partial charge in [-0.1, -0.05) is 30.3 Å². The standard InChI is InChI=1S/C27H22F6N4O2S/c1-25(2,3)37-40(38,39)20-9-5-7-17(13-20)16-6-4-8-18(12-16)24-35-21(14-23(36-24)27(31,32)33)19-10-11-22(34-15-19)26(28,29)30/h4-15,37H,1-3H3. The Balaban J connectivity index is 1.78. The minimum absolute atomic E-state index is 0.00210. The first-order chi connectivity index (χ1) is 18.4. The van der Waals surface area contributed by atoms with Crippen molar-refractivity contribution in [2.45, 2.75) is 43.6 Å². The van der Waals surface area contributed by atoms with E-state index in [1.165, 1.54) is 30.3 Å². The molecule has 0 spiro atoms. The SMILES string of the molecule is CC(C)(C)NS(=O)(=O)c1cccc(-c2cccc(-c3nc(-c4ccc(C(F)(F)F)nc4)cc(C(F)(F)F)n3)c2)c1. The predicted molar refractivity (Wildman–Crippen MR) is 136 cm³/mol. The predicted octanol–water partition coefficient (Wildman–Crippen LogP) is 6.99. The van der Waals surface area contributed by atoms with Gasteiger partial charge in [0.25, 0.3) is 0 Å². The molecule has 0 bridgehead atoms. The van der Waals surface area contributed by atoms with Gasteiger partial charge in [0.15, 0.2) is 5.82 Å². The number of aromatic nitrogens is 3. The van der Waals surface area contributed by atoms with Crippen LogP contribution in [0.5, 0.6) is 0 Å². The van der Waals surface area contributed by atoms with Crippen molar-refractivity contribution in [2.24, 2.45) is 0 Å². The summed E-state index contributed by atoms with van der Waals surface area (Å²) in [5, 5.41) is 0. The van der Waals surface area contributed by atoms with Crippen LogP contribution < -0.4 is 4.72 Å². The van der Waals surface area contributed by atoms with Crippen molar-refractivity contribution in [1.82, 2.24) is 19.7 Å². The van der Waals surface area contributed by atoms with Crippen molar-refractivity contribution in [3.63, 3.8) is 0 Å². The molecule has 0 fully saturated rings. The highest BCUT2D eigenvalue weighted by Crippen LogP contribution is 2.34. The van der Waals surface area contributed by atoms with Crippen LogP contribution >= 0.6 is 0 Å². The Labute approximate surface area is 226 Å². The molecule has 0 amide bonds. The van der Waals surface area contributed by atoms with Gasteiger partial charge in [0.1, 0.15) is 11.4 Å². The van der Waals surface area contributed by atoms with Crippen LogP contribution in [0.25, 0.3) is 33.8 Å². The highest BCUT2D eigenvalue weighted by Gasteiger charge is 2.35. The summed E-state index contributed by atoms with van der Waals surface area (Å²) in [5.74, 6) is -0.329. The lowest BCUT2D eigenvalue weighted by molar-refractivity contribution is -0.141. The Morgan fingerprint density at radius 1 is 0.675 bits per heavy atom. The van der Waals surface area contributed by atoms with Crippen molar-refractivity contribution in [3.05, 3.63) is 84.3 Å². The zero-order chi connectivity index (χ0) is 29.5. The van der Waals surface area contributed by atoms with E-state index in [0.717, 1.165) is 12.3 Å². The summed E-state index contributed by atoms with van der Waals surface area (Å²) in [6.07, 6.45) is -8.79. The normalized spacial score (nSPS) is 12.9. The molecule has 13 heteroatoms. The molecule has 0 aliphatic heterocycles. The molecule has 2 heterocycles. The van der Waals surface area contributed by atoms with Crippen LogP contribution in [0.3, 0.4) is 0 Å². The number of rotatable bonds is 5. The number of benzene rings is 2. The van der Waals surface area contributed by atoms with E-state index >= 15 is 0 Å². The fourth-order valence-corrected chi connectivity index (χ4v) is 5.19. The van der Waals surface area contributed by atoms with Gasteiger partial charge in [-0.15, -0.1) is 0 Å². The molecule has 0 atom stereocenters. The number of nitrogens with one attached hydrogen (secondary N) is 1. The Hall–Kier alpha value is -3.84. The van der Waals surface area contributed by atoms with E-state index in [9.17, 15) is 34.8 Å². The van der Waals surface area contributed by atoms with Crippen LogP contribution in [-0.2, 0) is 22.4 Å². The quantitative estimate of drug-likeness (QED) is 0.257. The van der Waals surface area contributed by atoms with E-state index in [-0.39, 0.29) is 27.5 Å². The number of nitrogens with zero attached hydrogens (tertiary/aromatic N) is 3. The van der Waals surface area contributed by atoms with Crippen LogP contribution in [0.4, 0.5) is 26.3 Å². The van der Waals surface area contributed by atoms with Crippen LogP contribution in [0, 0.1) is 0 Å². The lowest BCUT2D eigenvalue weighted by Crippen LogP contribution is -2.40. The second kappa shape index (κ2) is 10.3. The minimum Gasteiger partial charge on any atom is -0.251 e. The van der Waals surface area contributed by atoms with E-state index in [1.807, 2.05) is 0 Å². The summed E-state index contributed by atoms with van der Waals surface area (Å²) in [6.45, 7) is 5.09. The summed E-state index contributed by atoms with van der Waals surface area (Å²) in [4.78, 5) is 11.1. The summed E-state index contributed by atoms with van der Waals surface area (Å²) < 4.78 is 108. The Morgan fingerprint density at radius 2 is 1.27 bits per heavy atom. The van der Waals surface area contributed by atoms with Crippen LogP contribution in [0.2, 0.25) is 0 Å². The maximum absolute atomic E-state index is 13.7. The zero-order valence-electron chi connectivity index (χ0n) is 21.3. The van der Waals surface area contributed by atoms with E-state index in [2.05, 4.69) is 19.7 Å². The second-order valence-electron chi connectivity index (χ2n) is 9.85. The number of alkyl halides is 6. The van der Waals surface area contributed by atoms with Crippen molar-refractivity contribution in [1.29, 1.82) is 0 Å². The van der Waals surface area contributed by atoms with Crippen molar-refractivity contribution in [3.8, 4) is 33.8 Å². The molecule has 6 nitrogen and oxygen atoms in total. The monoisotopic (exact) mass is 580 g/mol.